The van der Waals surface area contributed by atoms with E-state index in [4.69, 9.17) is 16.3 Å². The summed E-state index contributed by atoms with van der Waals surface area (Å²) in [5.74, 6) is 1.87. The number of ether oxygens (including phenoxy) is 1. The smallest absolute Gasteiger partial charge is 0.273 e. The summed E-state index contributed by atoms with van der Waals surface area (Å²) in [7, 11) is 4.19. The van der Waals surface area contributed by atoms with E-state index in [9.17, 15) is 9.59 Å². The van der Waals surface area contributed by atoms with Gasteiger partial charge in [0.05, 0.1) is 10.7 Å². The minimum Gasteiger partial charge on any atom is -0.487 e. The lowest BCUT2D eigenvalue weighted by molar-refractivity contribution is 0.284. The second-order valence-corrected chi connectivity index (χ2v) is 9.01. The Kier molecular flexibility index (Phi) is 7.15. The number of aromatic nitrogens is 3. The van der Waals surface area contributed by atoms with Crippen LogP contribution in [0.1, 0.15) is 18.5 Å². The predicted octanol–water partition coefficient (Wildman–Crippen LogP) is 2.93. The van der Waals surface area contributed by atoms with Crippen LogP contribution in [0.2, 0.25) is 5.02 Å². The Balaban J connectivity index is 1.43. The van der Waals surface area contributed by atoms with E-state index >= 15 is 0 Å². The molecule has 0 spiro atoms. The van der Waals surface area contributed by atoms with Crippen LogP contribution in [0.3, 0.4) is 0 Å². The van der Waals surface area contributed by atoms with Crippen molar-refractivity contribution in [3.63, 3.8) is 0 Å². The molecule has 3 aromatic heterocycles. The Morgan fingerprint density at radius 3 is 2.58 bits per heavy atom. The number of hydrogen-bond acceptors (Lipinski definition) is 6. The van der Waals surface area contributed by atoms with E-state index in [0.717, 1.165) is 38.3 Å². The van der Waals surface area contributed by atoms with E-state index in [2.05, 4.69) is 33.9 Å². The molecule has 8 nitrogen and oxygen atoms in total. The normalized spacial score (nSPS) is 14.6. The maximum atomic E-state index is 12.8. The molecule has 3 aromatic rings. The molecule has 1 aliphatic heterocycles. The number of rotatable bonds is 7. The average molecular weight is 470 g/mol. The summed E-state index contributed by atoms with van der Waals surface area (Å²) in [6.45, 7) is 3.10. The number of halogens is 1. The van der Waals surface area contributed by atoms with Crippen molar-refractivity contribution in [1.29, 1.82) is 0 Å². The summed E-state index contributed by atoms with van der Waals surface area (Å²) in [6.07, 6.45) is 5.27. The van der Waals surface area contributed by atoms with Gasteiger partial charge in [-0.1, -0.05) is 11.6 Å². The van der Waals surface area contributed by atoms with Crippen molar-refractivity contribution in [2.24, 2.45) is 5.92 Å². The molecule has 4 heterocycles. The van der Waals surface area contributed by atoms with Gasteiger partial charge in [0.2, 0.25) is 0 Å². The molecule has 0 aromatic carbocycles. The van der Waals surface area contributed by atoms with Gasteiger partial charge in [-0.25, -0.2) is 0 Å². The van der Waals surface area contributed by atoms with Gasteiger partial charge in [-0.2, -0.15) is 0 Å². The second-order valence-electron chi connectivity index (χ2n) is 8.58. The van der Waals surface area contributed by atoms with E-state index in [0.29, 0.717) is 22.4 Å². The molecule has 0 unspecified atom stereocenters. The summed E-state index contributed by atoms with van der Waals surface area (Å²) in [4.78, 5) is 36.9. The lowest BCUT2D eigenvalue weighted by Crippen LogP contribution is -2.38. The van der Waals surface area contributed by atoms with Gasteiger partial charge in [0, 0.05) is 38.1 Å². The van der Waals surface area contributed by atoms with E-state index in [-0.39, 0.29) is 23.4 Å². The number of anilines is 1. The first-order chi connectivity index (χ1) is 15.9. The van der Waals surface area contributed by atoms with Crippen LogP contribution in [-0.4, -0.2) is 53.2 Å². The average Bonchev–Trinajstić information content (AvgIpc) is 2.79. The summed E-state index contributed by atoms with van der Waals surface area (Å²) in [6, 6.07) is 10.1. The van der Waals surface area contributed by atoms with E-state index in [1.54, 1.807) is 36.7 Å². The third-order valence-corrected chi connectivity index (χ3v) is 6.00. The van der Waals surface area contributed by atoms with Crippen LogP contribution in [0, 0.1) is 5.92 Å². The Morgan fingerprint density at radius 2 is 1.94 bits per heavy atom. The van der Waals surface area contributed by atoms with Crippen molar-refractivity contribution < 1.29 is 4.74 Å². The molecule has 1 N–H and O–H groups in total. The Bertz CT molecular complexity index is 1200. The third kappa shape index (κ3) is 5.83. The number of H-pyrrole nitrogens is 1. The van der Waals surface area contributed by atoms with Crippen molar-refractivity contribution in [1.82, 2.24) is 19.4 Å². The topological polar surface area (TPSA) is 83.5 Å². The fourth-order valence-electron chi connectivity index (χ4n) is 4.10. The van der Waals surface area contributed by atoms with Crippen LogP contribution in [0.15, 0.2) is 58.4 Å². The van der Waals surface area contributed by atoms with Crippen molar-refractivity contribution in [3.05, 3.63) is 80.2 Å². The maximum absolute atomic E-state index is 12.8. The Morgan fingerprint density at radius 1 is 1.15 bits per heavy atom. The predicted molar refractivity (Wildman–Crippen MR) is 130 cm³/mol. The fraction of sp³-hybridized carbons (Fsp3) is 0.375. The molecule has 33 heavy (non-hydrogen) atoms. The molecule has 9 heteroatoms. The first-order valence-corrected chi connectivity index (χ1v) is 11.4. The third-order valence-electron chi connectivity index (χ3n) is 5.78. The van der Waals surface area contributed by atoms with Crippen LogP contribution < -0.4 is 20.8 Å². The lowest BCUT2D eigenvalue weighted by Gasteiger charge is -2.34. The van der Waals surface area contributed by atoms with Crippen LogP contribution in [0.4, 0.5) is 5.82 Å². The zero-order valence-corrected chi connectivity index (χ0v) is 19.6. The molecule has 1 saturated heterocycles. The van der Waals surface area contributed by atoms with Crippen molar-refractivity contribution in [3.8, 4) is 11.4 Å². The number of pyridine rings is 3. The molecule has 0 bridgehead atoms. The van der Waals surface area contributed by atoms with Crippen molar-refractivity contribution in [2.45, 2.75) is 19.4 Å². The standard InChI is InChI=1S/C24H28ClN5O3/c1-28(2)15-17-7-10-29(11-8-17)22-6-5-21(24(32)27-22)30-12-9-20(13-23(30)31)33-16-19-4-3-18(25)14-26-19/h3-6,9,12-14,17H,7-8,10-11,15-16H2,1-2H3,(H,27,32). The number of nitrogens with zero attached hydrogens (tertiary/aromatic N) is 4. The Labute approximate surface area is 197 Å². The second kappa shape index (κ2) is 10.2. The van der Waals surface area contributed by atoms with Crippen LogP contribution in [0.5, 0.6) is 5.75 Å². The highest BCUT2D eigenvalue weighted by atomic mass is 35.5. The number of nitrogens with one attached hydrogen (secondary N) is 1. The number of hydrogen-bond donors (Lipinski definition) is 1. The monoisotopic (exact) mass is 469 g/mol. The first kappa shape index (κ1) is 23.1. The molecule has 4 rings (SSSR count). The Hall–Kier alpha value is -3.10. The molecule has 0 aliphatic carbocycles. The largest absolute Gasteiger partial charge is 0.487 e. The van der Waals surface area contributed by atoms with Gasteiger partial charge in [0.25, 0.3) is 11.1 Å². The van der Waals surface area contributed by atoms with E-state index in [1.807, 2.05) is 6.07 Å². The van der Waals surface area contributed by atoms with Gasteiger partial charge >= 0.3 is 0 Å². The molecular weight excluding hydrogens is 442 g/mol. The highest BCUT2D eigenvalue weighted by Gasteiger charge is 2.21. The highest BCUT2D eigenvalue weighted by molar-refractivity contribution is 6.30. The van der Waals surface area contributed by atoms with Gasteiger partial charge in [-0.05, 0) is 63.2 Å². The number of piperidine rings is 1. The first-order valence-electron chi connectivity index (χ1n) is 11.0. The SMILES string of the molecule is CN(C)CC1CCN(c2ccc(-n3ccc(OCc4ccc(Cl)cn4)cc3=O)c(=O)[nH]2)CC1. The lowest BCUT2D eigenvalue weighted by atomic mass is 9.96. The van der Waals surface area contributed by atoms with Gasteiger partial charge < -0.3 is 19.5 Å². The van der Waals surface area contributed by atoms with Crippen LogP contribution >= 0.6 is 11.6 Å². The van der Waals surface area contributed by atoms with E-state index in [1.165, 1.54) is 10.6 Å². The van der Waals surface area contributed by atoms with Gasteiger partial charge in [0.15, 0.2) is 0 Å². The minimum absolute atomic E-state index is 0.209. The zero-order chi connectivity index (χ0) is 23.4. The summed E-state index contributed by atoms with van der Waals surface area (Å²) >= 11 is 5.83. The highest BCUT2D eigenvalue weighted by Crippen LogP contribution is 2.22. The minimum atomic E-state index is -0.348. The maximum Gasteiger partial charge on any atom is 0.273 e. The quantitative estimate of drug-likeness (QED) is 0.573. The summed E-state index contributed by atoms with van der Waals surface area (Å²) in [5.41, 5.74) is 0.321. The molecule has 0 atom stereocenters. The summed E-state index contributed by atoms with van der Waals surface area (Å²) < 4.78 is 6.97. The van der Waals surface area contributed by atoms with Crippen molar-refractivity contribution in [2.75, 3.05) is 38.6 Å². The summed E-state index contributed by atoms with van der Waals surface area (Å²) in [5, 5.41) is 0.548. The molecule has 0 saturated carbocycles. The molecule has 0 amide bonds. The molecular formula is C24H28ClN5O3. The number of aromatic amines is 1. The fourth-order valence-corrected chi connectivity index (χ4v) is 4.21. The van der Waals surface area contributed by atoms with Gasteiger partial charge in [-0.3, -0.25) is 19.1 Å². The molecule has 1 aliphatic rings. The molecule has 174 valence electrons. The molecule has 1 fully saturated rings. The van der Waals surface area contributed by atoms with Crippen LogP contribution in [0.25, 0.3) is 5.69 Å². The van der Waals surface area contributed by atoms with Crippen molar-refractivity contribution >= 4 is 17.4 Å². The van der Waals surface area contributed by atoms with E-state index < -0.39 is 0 Å². The van der Waals surface area contributed by atoms with Gasteiger partial charge in [-0.15, -0.1) is 0 Å². The van der Waals surface area contributed by atoms with Crippen LogP contribution in [-0.2, 0) is 6.61 Å². The van der Waals surface area contributed by atoms with Gasteiger partial charge in [0.1, 0.15) is 23.9 Å². The zero-order valence-electron chi connectivity index (χ0n) is 18.8. The molecule has 0 radical (unpaired) electrons.